The van der Waals surface area contributed by atoms with Crippen LogP contribution in [0.15, 0.2) is 71.9 Å². The third-order valence-electron chi connectivity index (χ3n) is 4.65. The van der Waals surface area contributed by atoms with Gasteiger partial charge in [0.25, 0.3) is 5.91 Å². The number of ether oxygens (including phenoxy) is 1. The first-order valence-corrected chi connectivity index (χ1v) is 9.86. The highest BCUT2D eigenvalue weighted by Crippen LogP contribution is 2.27. The number of allylic oxidation sites excluding steroid dienone is 2. The average molecular weight is 417 g/mol. The van der Waals surface area contributed by atoms with Gasteiger partial charge in [-0.05, 0) is 55.3 Å². The summed E-state index contributed by atoms with van der Waals surface area (Å²) in [6.45, 7) is 4.14. The lowest BCUT2D eigenvalue weighted by Gasteiger charge is -2.12. The monoisotopic (exact) mass is 417 g/mol. The normalized spacial score (nSPS) is 11.5. The van der Waals surface area contributed by atoms with Crippen LogP contribution < -0.4 is 10.1 Å². The fraction of sp³-hybridized carbons (Fsp3) is 0.160. The minimum Gasteiger partial charge on any atom is -0.457 e. The number of rotatable bonds is 7. The predicted molar refractivity (Wildman–Crippen MR) is 121 cm³/mol. The van der Waals surface area contributed by atoms with E-state index in [1.54, 1.807) is 49.8 Å². The van der Waals surface area contributed by atoms with Crippen LogP contribution >= 0.6 is 0 Å². The Bertz CT molecular complexity index is 1120. The third-order valence-corrected chi connectivity index (χ3v) is 4.65. The van der Waals surface area contributed by atoms with Crippen LogP contribution in [0.4, 0.5) is 4.39 Å². The molecular weight excluding hydrogens is 393 g/mol. The number of nitrogens with one attached hydrogen (secondary N) is 1. The zero-order valence-electron chi connectivity index (χ0n) is 17.7. The van der Waals surface area contributed by atoms with Crippen molar-refractivity contribution in [2.24, 2.45) is 4.99 Å². The number of aromatic nitrogens is 1. The molecule has 0 saturated heterocycles. The van der Waals surface area contributed by atoms with Gasteiger partial charge in [0, 0.05) is 43.2 Å². The number of nitrogens with zero attached hydrogens (tertiary/aromatic N) is 2. The van der Waals surface area contributed by atoms with Gasteiger partial charge in [-0.25, -0.2) is 4.39 Å². The Morgan fingerprint density at radius 2 is 1.94 bits per heavy atom. The molecule has 0 unspecified atom stereocenters. The Morgan fingerprint density at radius 1 is 1.16 bits per heavy atom. The SMILES string of the molecule is C/C=C(\C=NC)c1cc(Oc2cc(C(=O)NCc3ccc(F)cc3)ccc2C)ccn1. The number of benzene rings is 2. The number of carbonyl (C=O) groups excluding carboxylic acids is 1. The van der Waals surface area contributed by atoms with Crippen LogP contribution in [0, 0.1) is 12.7 Å². The van der Waals surface area contributed by atoms with E-state index in [9.17, 15) is 9.18 Å². The van der Waals surface area contributed by atoms with E-state index in [0.717, 1.165) is 22.4 Å². The number of hydrogen-bond donors (Lipinski definition) is 1. The number of halogens is 1. The lowest BCUT2D eigenvalue weighted by atomic mass is 10.1. The van der Waals surface area contributed by atoms with Crippen LogP contribution in [0.5, 0.6) is 11.5 Å². The summed E-state index contributed by atoms with van der Waals surface area (Å²) in [4.78, 5) is 21.0. The topological polar surface area (TPSA) is 63.6 Å². The van der Waals surface area contributed by atoms with Crippen molar-refractivity contribution in [3.63, 3.8) is 0 Å². The second-order valence-corrected chi connectivity index (χ2v) is 6.90. The zero-order valence-corrected chi connectivity index (χ0v) is 17.7. The van der Waals surface area contributed by atoms with Gasteiger partial charge in [0.15, 0.2) is 0 Å². The molecule has 0 bridgehead atoms. The van der Waals surface area contributed by atoms with E-state index in [1.165, 1.54) is 12.1 Å². The minimum absolute atomic E-state index is 0.236. The number of carbonyl (C=O) groups is 1. The molecule has 0 spiro atoms. The van der Waals surface area contributed by atoms with E-state index < -0.39 is 0 Å². The summed E-state index contributed by atoms with van der Waals surface area (Å²) < 4.78 is 19.1. The largest absolute Gasteiger partial charge is 0.457 e. The molecule has 0 fully saturated rings. The highest BCUT2D eigenvalue weighted by molar-refractivity contribution is 6.08. The highest BCUT2D eigenvalue weighted by atomic mass is 19.1. The first kappa shape index (κ1) is 21.9. The van der Waals surface area contributed by atoms with Crippen molar-refractivity contribution in [2.45, 2.75) is 20.4 Å². The van der Waals surface area contributed by atoms with Crippen molar-refractivity contribution >= 4 is 17.7 Å². The second-order valence-electron chi connectivity index (χ2n) is 6.90. The Labute approximate surface area is 181 Å². The van der Waals surface area contributed by atoms with E-state index in [1.807, 2.05) is 32.1 Å². The molecule has 5 nitrogen and oxygen atoms in total. The molecule has 2 aromatic carbocycles. The Balaban J connectivity index is 1.75. The van der Waals surface area contributed by atoms with E-state index in [2.05, 4.69) is 15.3 Å². The molecule has 1 aromatic heterocycles. The minimum atomic E-state index is -0.307. The van der Waals surface area contributed by atoms with E-state index in [0.29, 0.717) is 23.6 Å². The molecule has 3 rings (SSSR count). The molecule has 0 aliphatic heterocycles. The van der Waals surface area contributed by atoms with E-state index in [-0.39, 0.29) is 11.7 Å². The van der Waals surface area contributed by atoms with Crippen molar-refractivity contribution in [2.75, 3.05) is 7.05 Å². The molecule has 0 saturated carbocycles. The van der Waals surface area contributed by atoms with Crippen molar-refractivity contribution in [3.8, 4) is 11.5 Å². The van der Waals surface area contributed by atoms with E-state index >= 15 is 0 Å². The maximum absolute atomic E-state index is 13.0. The summed E-state index contributed by atoms with van der Waals surface area (Å²) in [5, 5.41) is 2.84. The molecule has 3 aromatic rings. The van der Waals surface area contributed by atoms with Crippen LogP contribution in [0.2, 0.25) is 0 Å². The molecular formula is C25H24FN3O2. The summed E-state index contributed by atoms with van der Waals surface area (Å²) in [5.74, 6) is 0.650. The number of hydrogen-bond acceptors (Lipinski definition) is 4. The van der Waals surface area contributed by atoms with Gasteiger partial charge < -0.3 is 10.1 Å². The fourth-order valence-electron chi connectivity index (χ4n) is 2.93. The molecule has 31 heavy (non-hydrogen) atoms. The molecule has 1 amide bonds. The van der Waals surface area contributed by atoms with Gasteiger partial charge in [0.2, 0.25) is 0 Å². The summed E-state index contributed by atoms with van der Waals surface area (Å²) in [7, 11) is 1.71. The number of aryl methyl sites for hydroxylation is 1. The molecule has 0 aliphatic carbocycles. The molecule has 0 radical (unpaired) electrons. The first-order chi connectivity index (χ1) is 15.0. The van der Waals surface area contributed by atoms with Crippen LogP contribution in [-0.4, -0.2) is 24.2 Å². The van der Waals surface area contributed by atoms with Gasteiger partial charge in [-0.15, -0.1) is 0 Å². The Kier molecular flexibility index (Phi) is 7.27. The molecule has 0 atom stereocenters. The van der Waals surface area contributed by atoms with Crippen LogP contribution in [-0.2, 0) is 6.54 Å². The first-order valence-electron chi connectivity index (χ1n) is 9.86. The summed E-state index contributed by atoms with van der Waals surface area (Å²) in [6, 6.07) is 14.9. The average Bonchev–Trinajstić information content (AvgIpc) is 2.78. The van der Waals surface area contributed by atoms with E-state index in [4.69, 9.17) is 4.74 Å². The number of amides is 1. The van der Waals surface area contributed by atoms with Crippen molar-refractivity contribution in [1.29, 1.82) is 0 Å². The quantitative estimate of drug-likeness (QED) is 0.527. The summed E-state index contributed by atoms with van der Waals surface area (Å²) in [6.07, 6.45) is 5.34. The van der Waals surface area contributed by atoms with Gasteiger partial charge in [0.1, 0.15) is 17.3 Å². The summed E-state index contributed by atoms with van der Waals surface area (Å²) >= 11 is 0. The van der Waals surface area contributed by atoms with Crippen LogP contribution in [0.3, 0.4) is 0 Å². The molecule has 6 heteroatoms. The smallest absolute Gasteiger partial charge is 0.251 e. The Morgan fingerprint density at radius 3 is 2.65 bits per heavy atom. The van der Waals surface area contributed by atoms with Crippen LogP contribution in [0.1, 0.15) is 34.1 Å². The zero-order chi connectivity index (χ0) is 22.2. The third kappa shape index (κ3) is 5.85. The second kappa shape index (κ2) is 10.3. The van der Waals surface area contributed by atoms with Gasteiger partial charge in [-0.3, -0.25) is 14.8 Å². The van der Waals surface area contributed by atoms with Gasteiger partial charge in [-0.1, -0.05) is 24.3 Å². The Hall–Kier alpha value is -3.80. The molecule has 158 valence electrons. The van der Waals surface area contributed by atoms with Gasteiger partial charge in [-0.2, -0.15) is 0 Å². The van der Waals surface area contributed by atoms with Crippen LogP contribution in [0.25, 0.3) is 5.57 Å². The lowest BCUT2D eigenvalue weighted by Crippen LogP contribution is -2.22. The van der Waals surface area contributed by atoms with Crippen molar-refractivity contribution in [1.82, 2.24) is 10.3 Å². The number of pyridine rings is 1. The predicted octanol–water partition coefficient (Wildman–Crippen LogP) is 5.36. The number of aliphatic imine (C=N–C) groups is 1. The standard InChI is InChI=1S/C25H24FN3O2/c1-4-19(16-27-3)23-14-22(11-12-28-23)31-24-13-20(8-5-17(24)2)25(30)29-15-18-6-9-21(26)10-7-18/h4-14,16H,15H2,1-3H3,(H,29,30)/b19-4+,27-16?. The fourth-order valence-corrected chi connectivity index (χ4v) is 2.93. The maximum Gasteiger partial charge on any atom is 0.251 e. The van der Waals surface area contributed by atoms with Gasteiger partial charge in [0.05, 0.1) is 5.69 Å². The van der Waals surface area contributed by atoms with Gasteiger partial charge >= 0.3 is 0 Å². The molecule has 0 aliphatic rings. The molecule has 1 N–H and O–H groups in total. The molecule has 1 heterocycles. The maximum atomic E-state index is 13.0. The highest BCUT2D eigenvalue weighted by Gasteiger charge is 2.11. The summed E-state index contributed by atoms with van der Waals surface area (Å²) in [5.41, 5.74) is 3.83. The lowest BCUT2D eigenvalue weighted by molar-refractivity contribution is 0.0950. The van der Waals surface area contributed by atoms with Crippen molar-refractivity contribution in [3.05, 3.63) is 95.1 Å². The van der Waals surface area contributed by atoms with Crippen molar-refractivity contribution < 1.29 is 13.9 Å².